The number of hydrogen-bond acceptors (Lipinski definition) is 2. The zero-order chi connectivity index (χ0) is 11.8. The first-order chi connectivity index (χ1) is 7.44. The number of rotatable bonds is 2. The van der Waals surface area contributed by atoms with E-state index in [-0.39, 0.29) is 11.4 Å². The minimum Gasteiger partial charge on any atom is -0.307 e. The van der Waals surface area contributed by atoms with Crippen LogP contribution in [0.3, 0.4) is 0 Å². The molecule has 86 valence electrons. The lowest BCUT2D eigenvalue weighted by Crippen LogP contribution is -2.34. The van der Waals surface area contributed by atoms with Crippen molar-refractivity contribution in [1.29, 1.82) is 0 Å². The summed E-state index contributed by atoms with van der Waals surface area (Å²) >= 11 is 1.72. The van der Waals surface area contributed by atoms with E-state index in [1.165, 1.54) is 10.9 Å². The summed E-state index contributed by atoms with van der Waals surface area (Å²) in [5, 5.41) is 4.43. The lowest BCUT2D eigenvalue weighted by molar-refractivity contribution is 0.426. The molecule has 1 nitrogen and oxygen atoms in total. The SMILES string of the molecule is CC(C)(C)NCc1cc2cc(F)ccc2s1. The Morgan fingerprint density at radius 2 is 2.00 bits per heavy atom. The van der Waals surface area contributed by atoms with Crippen molar-refractivity contribution in [3.63, 3.8) is 0 Å². The van der Waals surface area contributed by atoms with Crippen molar-refractivity contribution >= 4 is 21.4 Å². The van der Waals surface area contributed by atoms with E-state index in [4.69, 9.17) is 0 Å². The third kappa shape index (κ3) is 2.80. The molecule has 16 heavy (non-hydrogen) atoms. The van der Waals surface area contributed by atoms with E-state index < -0.39 is 0 Å². The first-order valence-electron chi connectivity index (χ1n) is 5.37. The van der Waals surface area contributed by atoms with Crippen LogP contribution in [0.5, 0.6) is 0 Å². The summed E-state index contributed by atoms with van der Waals surface area (Å²) in [6, 6.07) is 7.00. The highest BCUT2D eigenvalue weighted by Crippen LogP contribution is 2.26. The van der Waals surface area contributed by atoms with Crippen molar-refractivity contribution in [2.75, 3.05) is 0 Å². The molecule has 0 spiro atoms. The molecule has 0 aliphatic heterocycles. The lowest BCUT2D eigenvalue weighted by atomic mass is 10.1. The summed E-state index contributed by atoms with van der Waals surface area (Å²) in [4.78, 5) is 1.25. The van der Waals surface area contributed by atoms with Crippen LogP contribution in [0.2, 0.25) is 0 Å². The summed E-state index contributed by atoms with van der Waals surface area (Å²) in [5.41, 5.74) is 0.113. The van der Waals surface area contributed by atoms with Crippen LogP contribution < -0.4 is 5.32 Å². The van der Waals surface area contributed by atoms with Gasteiger partial charge in [-0.1, -0.05) is 0 Å². The number of nitrogens with one attached hydrogen (secondary N) is 1. The summed E-state index contributed by atoms with van der Waals surface area (Å²) in [6.07, 6.45) is 0. The van der Waals surface area contributed by atoms with Gasteiger partial charge in [0.15, 0.2) is 0 Å². The van der Waals surface area contributed by atoms with E-state index in [0.717, 1.165) is 16.6 Å². The van der Waals surface area contributed by atoms with E-state index in [2.05, 4.69) is 32.2 Å². The second-order valence-corrected chi connectivity index (χ2v) is 6.17. The van der Waals surface area contributed by atoms with Gasteiger partial charge in [-0.15, -0.1) is 11.3 Å². The molecule has 0 saturated carbocycles. The van der Waals surface area contributed by atoms with E-state index in [9.17, 15) is 4.39 Å². The molecule has 0 unspecified atom stereocenters. The molecule has 0 radical (unpaired) electrons. The van der Waals surface area contributed by atoms with Crippen molar-refractivity contribution in [2.24, 2.45) is 0 Å². The monoisotopic (exact) mass is 237 g/mol. The molecule has 2 aromatic rings. The molecule has 0 bridgehead atoms. The largest absolute Gasteiger partial charge is 0.307 e. The van der Waals surface area contributed by atoms with Gasteiger partial charge in [0.25, 0.3) is 0 Å². The predicted octanol–water partition coefficient (Wildman–Crippen LogP) is 3.93. The highest BCUT2D eigenvalue weighted by molar-refractivity contribution is 7.19. The minimum absolute atomic E-state index is 0.113. The van der Waals surface area contributed by atoms with Gasteiger partial charge in [-0.2, -0.15) is 0 Å². The van der Waals surface area contributed by atoms with Crippen molar-refractivity contribution in [3.05, 3.63) is 35.0 Å². The van der Waals surface area contributed by atoms with Gasteiger partial charge < -0.3 is 5.32 Å². The Labute approximate surface area is 99.3 Å². The van der Waals surface area contributed by atoms with Crippen LogP contribution in [0, 0.1) is 5.82 Å². The number of thiophene rings is 1. The molecule has 0 amide bonds. The van der Waals surface area contributed by atoms with Gasteiger partial charge in [0.1, 0.15) is 5.82 Å². The number of hydrogen-bond donors (Lipinski definition) is 1. The topological polar surface area (TPSA) is 12.0 Å². The molecule has 1 aromatic carbocycles. The van der Waals surface area contributed by atoms with E-state index in [1.807, 2.05) is 6.07 Å². The van der Waals surface area contributed by atoms with Gasteiger partial charge in [-0.3, -0.25) is 0 Å². The Hall–Kier alpha value is -0.930. The molecule has 1 N–H and O–H groups in total. The highest BCUT2D eigenvalue weighted by atomic mass is 32.1. The smallest absolute Gasteiger partial charge is 0.123 e. The summed E-state index contributed by atoms with van der Waals surface area (Å²) < 4.78 is 14.2. The highest BCUT2D eigenvalue weighted by Gasteiger charge is 2.10. The fourth-order valence-corrected chi connectivity index (χ4v) is 2.49. The Bertz CT molecular complexity index is 496. The molecule has 0 saturated heterocycles. The molecular formula is C13H16FNS. The number of fused-ring (bicyclic) bond motifs is 1. The maximum absolute atomic E-state index is 13.0. The Balaban J connectivity index is 2.20. The summed E-state index contributed by atoms with van der Waals surface area (Å²) in [7, 11) is 0. The zero-order valence-corrected chi connectivity index (χ0v) is 10.6. The fraction of sp³-hybridized carbons (Fsp3) is 0.385. The van der Waals surface area contributed by atoms with E-state index in [1.54, 1.807) is 17.4 Å². The van der Waals surface area contributed by atoms with Crippen molar-refractivity contribution in [1.82, 2.24) is 5.32 Å². The molecular weight excluding hydrogens is 221 g/mol. The second-order valence-electron chi connectivity index (χ2n) is 5.00. The van der Waals surface area contributed by atoms with E-state index >= 15 is 0 Å². The Kier molecular flexibility index (Phi) is 3.00. The van der Waals surface area contributed by atoms with E-state index in [0.29, 0.717) is 0 Å². The van der Waals surface area contributed by atoms with Crippen LogP contribution in [-0.2, 0) is 6.54 Å². The first-order valence-corrected chi connectivity index (χ1v) is 6.19. The summed E-state index contributed by atoms with van der Waals surface area (Å²) in [6.45, 7) is 7.25. The zero-order valence-electron chi connectivity index (χ0n) is 9.80. The summed E-state index contributed by atoms with van der Waals surface area (Å²) in [5.74, 6) is -0.166. The average Bonchev–Trinajstić information content (AvgIpc) is 2.55. The van der Waals surface area contributed by atoms with Gasteiger partial charge >= 0.3 is 0 Å². The predicted molar refractivity (Wildman–Crippen MR) is 68.4 cm³/mol. The van der Waals surface area contributed by atoms with Gasteiger partial charge in [-0.05, 0) is 50.4 Å². The van der Waals surface area contributed by atoms with Crippen molar-refractivity contribution in [2.45, 2.75) is 32.9 Å². The molecule has 0 aliphatic carbocycles. The number of halogens is 1. The van der Waals surface area contributed by atoms with Gasteiger partial charge in [0.05, 0.1) is 0 Å². The third-order valence-corrected chi connectivity index (χ3v) is 3.44. The maximum atomic E-state index is 13.0. The average molecular weight is 237 g/mol. The van der Waals surface area contributed by atoms with Crippen molar-refractivity contribution < 1.29 is 4.39 Å². The molecule has 1 aromatic heterocycles. The van der Waals surface area contributed by atoms with Gasteiger partial charge in [0, 0.05) is 21.7 Å². The standard InChI is InChI=1S/C13H16FNS/c1-13(2,3)15-8-11-7-9-6-10(14)4-5-12(9)16-11/h4-7,15H,8H2,1-3H3. The third-order valence-electron chi connectivity index (χ3n) is 2.32. The van der Waals surface area contributed by atoms with Crippen LogP contribution in [0.25, 0.3) is 10.1 Å². The molecule has 1 heterocycles. The molecule has 3 heteroatoms. The van der Waals surface area contributed by atoms with Crippen LogP contribution in [0.4, 0.5) is 4.39 Å². The van der Waals surface area contributed by atoms with Crippen LogP contribution in [0.15, 0.2) is 24.3 Å². The van der Waals surface area contributed by atoms with Crippen molar-refractivity contribution in [3.8, 4) is 0 Å². The quantitative estimate of drug-likeness (QED) is 0.834. The normalized spacial score (nSPS) is 12.2. The van der Waals surface area contributed by atoms with Gasteiger partial charge in [0.2, 0.25) is 0 Å². The number of benzene rings is 1. The van der Waals surface area contributed by atoms with Crippen LogP contribution in [-0.4, -0.2) is 5.54 Å². The Morgan fingerprint density at radius 3 is 2.69 bits per heavy atom. The fourth-order valence-electron chi connectivity index (χ4n) is 1.51. The van der Waals surface area contributed by atoms with Crippen LogP contribution >= 0.6 is 11.3 Å². The lowest BCUT2D eigenvalue weighted by Gasteiger charge is -2.19. The first kappa shape index (κ1) is 11.6. The van der Waals surface area contributed by atoms with Gasteiger partial charge in [-0.25, -0.2) is 4.39 Å². The maximum Gasteiger partial charge on any atom is 0.123 e. The molecule has 0 aliphatic rings. The minimum atomic E-state index is -0.166. The molecule has 2 rings (SSSR count). The Morgan fingerprint density at radius 1 is 1.25 bits per heavy atom. The molecule has 0 fully saturated rings. The second kappa shape index (κ2) is 4.15. The molecule has 0 atom stereocenters. The van der Waals surface area contributed by atoms with Crippen LogP contribution in [0.1, 0.15) is 25.6 Å².